The van der Waals surface area contributed by atoms with Crippen molar-refractivity contribution in [2.24, 2.45) is 0 Å². The molecular formula is C12H13BrFN. The second-order valence-corrected chi connectivity index (χ2v) is 4.16. The maximum absolute atomic E-state index is 13.4. The first-order valence-corrected chi connectivity index (χ1v) is 5.60. The van der Waals surface area contributed by atoms with Crippen molar-refractivity contribution in [3.8, 4) is 12.3 Å². The Kier molecular flexibility index (Phi) is 4.80. The zero-order chi connectivity index (χ0) is 11.3. The molecule has 1 nitrogen and oxygen atoms in total. The number of benzene rings is 1. The van der Waals surface area contributed by atoms with Crippen molar-refractivity contribution in [2.45, 2.75) is 25.9 Å². The van der Waals surface area contributed by atoms with Crippen molar-refractivity contribution in [1.82, 2.24) is 5.32 Å². The van der Waals surface area contributed by atoms with E-state index >= 15 is 0 Å². The minimum atomic E-state index is -0.219. The molecule has 0 bridgehead atoms. The van der Waals surface area contributed by atoms with Gasteiger partial charge >= 0.3 is 0 Å². The van der Waals surface area contributed by atoms with E-state index in [0.29, 0.717) is 12.1 Å². The van der Waals surface area contributed by atoms with Crippen LogP contribution in [0.4, 0.5) is 4.39 Å². The van der Waals surface area contributed by atoms with Gasteiger partial charge in [0.15, 0.2) is 0 Å². The topological polar surface area (TPSA) is 12.0 Å². The summed E-state index contributed by atoms with van der Waals surface area (Å²) < 4.78 is 14.1. The summed E-state index contributed by atoms with van der Waals surface area (Å²) in [7, 11) is 0. The van der Waals surface area contributed by atoms with Crippen LogP contribution >= 0.6 is 15.9 Å². The Morgan fingerprint density at radius 3 is 2.87 bits per heavy atom. The molecule has 0 spiro atoms. The average molecular weight is 270 g/mol. The molecule has 1 rings (SSSR count). The van der Waals surface area contributed by atoms with Crippen molar-refractivity contribution in [2.75, 3.05) is 0 Å². The van der Waals surface area contributed by atoms with Crippen LogP contribution in [0.2, 0.25) is 0 Å². The summed E-state index contributed by atoms with van der Waals surface area (Å²) in [5, 5.41) is 3.10. The summed E-state index contributed by atoms with van der Waals surface area (Å²) in [5.41, 5.74) is 0.631. The van der Waals surface area contributed by atoms with E-state index in [1.165, 1.54) is 6.07 Å². The van der Waals surface area contributed by atoms with Gasteiger partial charge in [-0.05, 0) is 18.6 Å². The van der Waals surface area contributed by atoms with E-state index < -0.39 is 0 Å². The van der Waals surface area contributed by atoms with Gasteiger partial charge in [0.25, 0.3) is 0 Å². The molecule has 0 fully saturated rings. The quantitative estimate of drug-likeness (QED) is 0.829. The van der Waals surface area contributed by atoms with Gasteiger partial charge in [0.1, 0.15) is 5.82 Å². The monoisotopic (exact) mass is 269 g/mol. The van der Waals surface area contributed by atoms with E-state index in [2.05, 4.69) is 27.2 Å². The van der Waals surface area contributed by atoms with Crippen LogP contribution in [-0.2, 0) is 6.54 Å². The predicted octanol–water partition coefficient (Wildman–Crippen LogP) is 3.09. The lowest BCUT2D eigenvalue weighted by atomic mass is 10.2. The molecule has 0 aromatic heterocycles. The molecule has 1 unspecified atom stereocenters. The van der Waals surface area contributed by atoms with Crippen molar-refractivity contribution < 1.29 is 4.39 Å². The first-order chi connectivity index (χ1) is 7.17. The van der Waals surface area contributed by atoms with E-state index in [0.717, 1.165) is 10.9 Å². The van der Waals surface area contributed by atoms with Crippen LogP contribution in [0.5, 0.6) is 0 Å². The number of terminal acetylenes is 1. The molecule has 0 aliphatic rings. The standard InChI is InChI=1S/C12H13BrFN/c1-3-11(4-2)15-8-9-5-6-10(13)7-12(9)14/h1,5-7,11,15H,4,8H2,2H3. The van der Waals surface area contributed by atoms with Crippen molar-refractivity contribution >= 4 is 15.9 Å². The zero-order valence-electron chi connectivity index (χ0n) is 8.56. The first-order valence-electron chi connectivity index (χ1n) is 4.80. The number of halogens is 2. The molecular weight excluding hydrogens is 257 g/mol. The molecule has 3 heteroatoms. The van der Waals surface area contributed by atoms with Crippen LogP contribution in [0, 0.1) is 18.2 Å². The Bertz CT molecular complexity index is 370. The Balaban J connectivity index is 2.62. The van der Waals surface area contributed by atoms with Gasteiger partial charge in [0.05, 0.1) is 6.04 Å². The molecule has 1 N–H and O–H groups in total. The van der Waals surface area contributed by atoms with Crippen molar-refractivity contribution in [1.29, 1.82) is 0 Å². The largest absolute Gasteiger partial charge is 0.299 e. The van der Waals surface area contributed by atoms with Crippen molar-refractivity contribution in [3.63, 3.8) is 0 Å². The smallest absolute Gasteiger partial charge is 0.128 e. The van der Waals surface area contributed by atoms with E-state index in [4.69, 9.17) is 6.42 Å². The molecule has 0 heterocycles. The third-order valence-corrected chi connectivity index (χ3v) is 2.66. The van der Waals surface area contributed by atoms with Gasteiger partial charge in [-0.25, -0.2) is 4.39 Å². The maximum Gasteiger partial charge on any atom is 0.128 e. The van der Waals surface area contributed by atoms with Gasteiger partial charge < -0.3 is 0 Å². The van der Waals surface area contributed by atoms with E-state index in [-0.39, 0.29) is 11.9 Å². The third-order valence-electron chi connectivity index (χ3n) is 2.16. The summed E-state index contributed by atoms with van der Waals surface area (Å²) >= 11 is 3.21. The Morgan fingerprint density at radius 1 is 1.60 bits per heavy atom. The molecule has 0 amide bonds. The predicted molar refractivity (Wildman–Crippen MR) is 63.9 cm³/mol. The highest BCUT2D eigenvalue weighted by molar-refractivity contribution is 9.10. The molecule has 0 saturated heterocycles. The van der Waals surface area contributed by atoms with Gasteiger partial charge in [0.2, 0.25) is 0 Å². The van der Waals surface area contributed by atoms with Gasteiger partial charge in [-0.1, -0.05) is 34.8 Å². The van der Waals surface area contributed by atoms with Crippen LogP contribution < -0.4 is 5.32 Å². The third kappa shape index (κ3) is 3.65. The lowest BCUT2D eigenvalue weighted by molar-refractivity contribution is 0.556. The summed E-state index contributed by atoms with van der Waals surface area (Å²) in [6, 6.07) is 5.02. The second kappa shape index (κ2) is 5.89. The van der Waals surface area contributed by atoms with Gasteiger partial charge in [-0.3, -0.25) is 5.32 Å². The average Bonchev–Trinajstić information content (AvgIpc) is 2.22. The highest BCUT2D eigenvalue weighted by Gasteiger charge is 2.05. The Labute approximate surface area is 98.2 Å². The molecule has 80 valence electrons. The first kappa shape index (κ1) is 12.2. The summed E-state index contributed by atoms with van der Waals surface area (Å²) in [6.45, 7) is 2.46. The normalized spacial score (nSPS) is 12.1. The molecule has 1 aromatic rings. The lowest BCUT2D eigenvalue weighted by Gasteiger charge is -2.11. The van der Waals surface area contributed by atoms with Gasteiger partial charge in [0, 0.05) is 16.6 Å². The van der Waals surface area contributed by atoms with Crippen LogP contribution in [0.1, 0.15) is 18.9 Å². The Morgan fingerprint density at radius 2 is 2.33 bits per heavy atom. The molecule has 0 aliphatic carbocycles. The lowest BCUT2D eigenvalue weighted by Crippen LogP contribution is -2.26. The molecule has 1 atom stereocenters. The fourth-order valence-electron chi connectivity index (χ4n) is 1.22. The molecule has 0 aliphatic heterocycles. The Hall–Kier alpha value is -0.850. The van der Waals surface area contributed by atoms with Gasteiger partial charge in [-0.2, -0.15) is 0 Å². The molecule has 0 radical (unpaired) electrons. The minimum absolute atomic E-state index is 0.00745. The van der Waals surface area contributed by atoms with E-state index in [1.54, 1.807) is 6.07 Å². The zero-order valence-corrected chi connectivity index (χ0v) is 10.1. The van der Waals surface area contributed by atoms with E-state index in [9.17, 15) is 4.39 Å². The van der Waals surface area contributed by atoms with E-state index in [1.807, 2.05) is 13.0 Å². The number of rotatable bonds is 4. The number of hydrogen-bond acceptors (Lipinski definition) is 1. The SMILES string of the molecule is C#CC(CC)NCc1ccc(Br)cc1F. The highest BCUT2D eigenvalue weighted by atomic mass is 79.9. The van der Waals surface area contributed by atoms with Crippen molar-refractivity contribution in [3.05, 3.63) is 34.1 Å². The summed E-state index contributed by atoms with van der Waals surface area (Å²) in [5.74, 6) is 2.39. The van der Waals surface area contributed by atoms with Crippen LogP contribution in [0.3, 0.4) is 0 Å². The highest BCUT2D eigenvalue weighted by Crippen LogP contribution is 2.15. The summed E-state index contributed by atoms with van der Waals surface area (Å²) in [6.07, 6.45) is 6.14. The molecule has 15 heavy (non-hydrogen) atoms. The molecule has 1 aromatic carbocycles. The van der Waals surface area contributed by atoms with Crippen LogP contribution in [0.15, 0.2) is 22.7 Å². The number of hydrogen-bond donors (Lipinski definition) is 1. The minimum Gasteiger partial charge on any atom is -0.299 e. The fraction of sp³-hybridized carbons (Fsp3) is 0.333. The maximum atomic E-state index is 13.4. The summed E-state index contributed by atoms with van der Waals surface area (Å²) in [4.78, 5) is 0. The van der Waals surface area contributed by atoms with Crippen LogP contribution in [0.25, 0.3) is 0 Å². The molecule has 0 saturated carbocycles. The second-order valence-electron chi connectivity index (χ2n) is 3.24. The fourth-order valence-corrected chi connectivity index (χ4v) is 1.55. The number of nitrogens with one attached hydrogen (secondary N) is 1. The van der Waals surface area contributed by atoms with Gasteiger partial charge in [-0.15, -0.1) is 6.42 Å². The van der Waals surface area contributed by atoms with Crippen LogP contribution in [-0.4, -0.2) is 6.04 Å².